The zero-order valence-electron chi connectivity index (χ0n) is 15.7. The monoisotopic (exact) mass is 333 g/mol. The summed E-state index contributed by atoms with van der Waals surface area (Å²) >= 11 is 0. The number of benzene rings is 1. The molecule has 0 radical (unpaired) electrons. The zero-order valence-corrected chi connectivity index (χ0v) is 15.7. The minimum atomic E-state index is 0.458. The number of hydrogen-bond donors (Lipinski definition) is 0. The van der Waals surface area contributed by atoms with Gasteiger partial charge >= 0.3 is 0 Å². The molecule has 3 heteroatoms. The van der Waals surface area contributed by atoms with Gasteiger partial charge in [-0.05, 0) is 57.6 Å². The normalized spacial score (nSPS) is 20.8. The second kappa shape index (κ2) is 6.30. The Morgan fingerprint density at radius 3 is 2.76 bits per heavy atom. The van der Waals surface area contributed by atoms with Crippen LogP contribution in [0, 0.1) is 6.92 Å². The highest BCUT2D eigenvalue weighted by atomic mass is 15.2. The van der Waals surface area contributed by atoms with Crippen molar-refractivity contribution >= 4 is 10.9 Å². The molecule has 0 aliphatic carbocycles. The summed E-state index contributed by atoms with van der Waals surface area (Å²) in [5.41, 5.74) is 6.93. The highest BCUT2D eigenvalue weighted by Crippen LogP contribution is 2.39. The fourth-order valence-corrected chi connectivity index (χ4v) is 4.27. The van der Waals surface area contributed by atoms with E-state index in [4.69, 9.17) is 0 Å². The highest BCUT2D eigenvalue weighted by molar-refractivity contribution is 5.87. The standard InChI is InChI=1S/C22H27N3/c1-15-8-9-20-19(13-15)22-17(3)24(4)16(2)14-21(22)25(20)12-10-18-7-5-6-11-23-18/h5-9,11,13,16-17H,10,12,14H2,1-4H3. The van der Waals surface area contributed by atoms with Gasteiger partial charge in [0.15, 0.2) is 0 Å². The number of hydrogen-bond acceptors (Lipinski definition) is 2. The second-order valence-electron chi connectivity index (χ2n) is 7.50. The van der Waals surface area contributed by atoms with Crippen molar-refractivity contribution in [3.8, 4) is 0 Å². The molecular weight excluding hydrogens is 306 g/mol. The number of fused-ring (bicyclic) bond motifs is 3. The quantitative estimate of drug-likeness (QED) is 0.702. The average molecular weight is 333 g/mol. The highest BCUT2D eigenvalue weighted by Gasteiger charge is 2.31. The molecule has 0 saturated heterocycles. The Bertz CT molecular complexity index is 895. The summed E-state index contributed by atoms with van der Waals surface area (Å²) in [6, 6.07) is 14.1. The molecule has 25 heavy (non-hydrogen) atoms. The molecule has 4 rings (SSSR count). The molecule has 1 aliphatic heterocycles. The smallest absolute Gasteiger partial charge is 0.0486 e. The minimum Gasteiger partial charge on any atom is -0.344 e. The molecule has 130 valence electrons. The van der Waals surface area contributed by atoms with Crippen LogP contribution >= 0.6 is 0 Å². The van der Waals surface area contributed by atoms with Crippen molar-refractivity contribution in [1.82, 2.24) is 14.5 Å². The van der Waals surface area contributed by atoms with Crippen LogP contribution in [0.1, 0.15) is 42.4 Å². The summed E-state index contributed by atoms with van der Waals surface area (Å²) in [5.74, 6) is 0. The van der Waals surface area contributed by atoms with Gasteiger partial charge in [0.05, 0.1) is 0 Å². The van der Waals surface area contributed by atoms with Crippen molar-refractivity contribution in [2.75, 3.05) is 7.05 Å². The molecular formula is C22H27N3. The van der Waals surface area contributed by atoms with Gasteiger partial charge in [0, 0.05) is 60.0 Å². The molecule has 2 atom stereocenters. The van der Waals surface area contributed by atoms with E-state index in [1.165, 1.54) is 33.4 Å². The van der Waals surface area contributed by atoms with Crippen molar-refractivity contribution in [1.29, 1.82) is 0 Å². The molecule has 0 amide bonds. The van der Waals surface area contributed by atoms with E-state index in [0.29, 0.717) is 12.1 Å². The lowest BCUT2D eigenvalue weighted by Gasteiger charge is -2.37. The molecule has 2 aromatic heterocycles. The molecule has 0 fully saturated rings. The number of aryl methyl sites for hydroxylation is 3. The number of likely N-dealkylation sites (N-methyl/N-ethyl adjacent to an activating group) is 1. The topological polar surface area (TPSA) is 21.1 Å². The molecule has 1 aliphatic rings. The minimum absolute atomic E-state index is 0.458. The van der Waals surface area contributed by atoms with Gasteiger partial charge in [-0.1, -0.05) is 17.7 Å². The Labute approximate surface area is 150 Å². The van der Waals surface area contributed by atoms with Crippen LogP contribution in [-0.2, 0) is 19.4 Å². The van der Waals surface area contributed by atoms with E-state index in [2.05, 4.69) is 72.6 Å². The first-order valence-corrected chi connectivity index (χ1v) is 9.29. The van der Waals surface area contributed by atoms with Gasteiger partial charge in [0.25, 0.3) is 0 Å². The van der Waals surface area contributed by atoms with Crippen LogP contribution in [-0.4, -0.2) is 27.5 Å². The molecule has 0 spiro atoms. The molecule has 0 bridgehead atoms. The fraction of sp³-hybridized carbons (Fsp3) is 0.409. The van der Waals surface area contributed by atoms with Gasteiger partial charge < -0.3 is 4.57 Å². The van der Waals surface area contributed by atoms with E-state index in [9.17, 15) is 0 Å². The third-order valence-electron chi connectivity index (χ3n) is 5.90. The zero-order chi connectivity index (χ0) is 17.6. The van der Waals surface area contributed by atoms with Gasteiger partial charge in [0.1, 0.15) is 0 Å². The summed E-state index contributed by atoms with van der Waals surface area (Å²) in [7, 11) is 2.26. The average Bonchev–Trinajstić information content (AvgIpc) is 2.91. The molecule has 2 unspecified atom stereocenters. The van der Waals surface area contributed by atoms with Crippen LogP contribution < -0.4 is 0 Å². The van der Waals surface area contributed by atoms with Crippen molar-refractivity contribution in [2.45, 2.75) is 52.2 Å². The van der Waals surface area contributed by atoms with Crippen molar-refractivity contribution < 1.29 is 0 Å². The van der Waals surface area contributed by atoms with E-state index < -0.39 is 0 Å². The Morgan fingerprint density at radius 1 is 1.16 bits per heavy atom. The number of pyridine rings is 1. The second-order valence-corrected chi connectivity index (χ2v) is 7.50. The largest absolute Gasteiger partial charge is 0.344 e. The maximum atomic E-state index is 4.50. The van der Waals surface area contributed by atoms with Crippen molar-refractivity contribution in [3.63, 3.8) is 0 Å². The molecule has 1 aromatic carbocycles. The molecule has 0 saturated carbocycles. The predicted octanol–water partition coefficient (Wildman–Crippen LogP) is 4.52. The van der Waals surface area contributed by atoms with Crippen LogP contribution in [0.4, 0.5) is 0 Å². The molecule has 0 N–H and O–H groups in total. The van der Waals surface area contributed by atoms with Gasteiger partial charge in [-0.25, -0.2) is 0 Å². The summed E-state index contributed by atoms with van der Waals surface area (Å²) in [4.78, 5) is 7.01. The third kappa shape index (κ3) is 2.77. The van der Waals surface area contributed by atoms with Gasteiger partial charge in [-0.15, -0.1) is 0 Å². The summed E-state index contributed by atoms with van der Waals surface area (Å²) < 4.78 is 2.55. The lowest BCUT2D eigenvalue weighted by atomic mass is 9.93. The van der Waals surface area contributed by atoms with Crippen LogP contribution in [0.5, 0.6) is 0 Å². The van der Waals surface area contributed by atoms with E-state index >= 15 is 0 Å². The SMILES string of the molecule is Cc1ccc2c(c1)c1c(n2CCc2ccccn2)CC(C)N(C)C1C. The van der Waals surface area contributed by atoms with Crippen molar-refractivity contribution in [2.24, 2.45) is 0 Å². The van der Waals surface area contributed by atoms with E-state index in [0.717, 1.165) is 19.4 Å². The third-order valence-corrected chi connectivity index (χ3v) is 5.90. The Morgan fingerprint density at radius 2 is 2.00 bits per heavy atom. The number of aromatic nitrogens is 2. The van der Waals surface area contributed by atoms with E-state index in [1.807, 2.05) is 12.3 Å². The van der Waals surface area contributed by atoms with Crippen LogP contribution in [0.15, 0.2) is 42.6 Å². The maximum Gasteiger partial charge on any atom is 0.0486 e. The maximum absolute atomic E-state index is 4.50. The van der Waals surface area contributed by atoms with Crippen molar-refractivity contribution in [3.05, 3.63) is 65.1 Å². The first kappa shape index (κ1) is 16.3. The Hall–Kier alpha value is -2.13. The lowest BCUT2D eigenvalue weighted by molar-refractivity contribution is 0.177. The first-order valence-electron chi connectivity index (χ1n) is 9.29. The summed E-state index contributed by atoms with van der Waals surface area (Å²) in [6.07, 6.45) is 3.98. The first-order chi connectivity index (χ1) is 12.1. The number of rotatable bonds is 3. The Balaban J connectivity index is 1.82. The summed E-state index contributed by atoms with van der Waals surface area (Å²) in [6.45, 7) is 7.87. The predicted molar refractivity (Wildman–Crippen MR) is 104 cm³/mol. The van der Waals surface area contributed by atoms with Gasteiger partial charge in [0.2, 0.25) is 0 Å². The Kier molecular flexibility index (Phi) is 4.12. The molecule has 3 heterocycles. The fourth-order valence-electron chi connectivity index (χ4n) is 4.27. The van der Waals surface area contributed by atoms with Crippen LogP contribution in [0.25, 0.3) is 10.9 Å². The van der Waals surface area contributed by atoms with E-state index in [-0.39, 0.29) is 0 Å². The molecule has 3 nitrogen and oxygen atoms in total. The van der Waals surface area contributed by atoms with E-state index in [1.54, 1.807) is 0 Å². The van der Waals surface area contributed by atoms with Crippen LogP contribution in [0.2, 0.25) is 0 Å². The number of nitrogens with zero attached hydrogens (tertiary/aromatic N) is 3. The van der Waals surface area contributed by atoms with Gasteiger partial charge in [-0.3, -0.25) is 9.88 Å². The van der Waals surface area contributed by atoms with Crippen LogP contribution in [0.3, 0.4) is 0 Å². The lowest BCUT2D eigenvalue weighted by Crippen LogP contribution is -2.38. The molecule has 3 aromatic rings. The summed E-state index contributed by atoms with van der Waals surface area (Å²) in [5, 5.41) is 1.43. The van der Waals surface area contributed by atoms with Gasteiger partial charge in [-0.2, -0.15) is 0 Å².